The highest BCUT2D eigenvalue weighted by molar-refractivity contribution is 7.89. The number of nitrogens with zero attached hydrogens (tertiary/aromatic N) is 1. The maximum atomic E-state index is 13.5. The molecule has 26 heavy (non-hydrogen) atoms. The number of benzene rings is 2. The fourth-order valence-corrected chi connectivity index (χ4v) is 3.01. The van der Waals surface area contributed by atoms with Crippen LogP contribution in [0.3, 0.4) is 0 Å². The molecule has 0 unspecified atom stereocenters. The van der Waals surface area contributed by atoms with Gasteiger partial charge in [-0.25, -0.2) is 17.1 Å². The van der Waals surface area contributed by atoms with E-state index in [0.717, 1.165) is 4.31 Å². The minimum Gasteiger partial charge on any atom is -0.273 e. The van der Waals surface area contributed by atoms with Crippen molar-refractivity contribution in [2.24, 2.45) is 0 Å². The standard InChI is InChI=1S/C17H18FN3O4S/c1-21(2)26(24,25)14-8-5-7-13(10-14)17(23)20-19-16(22)11-12-6-3-4-9-15(12)18/h3-10H,11H2,1-2H3,(H,19,22)(H,20,23). The third-order valence-corrected chi connectivity index (χ3v) is 5.31. The number of nitrogens with one attached hydrogen (secondary N) is 2. The molecule has 0 saturated heterocycles. The SMILES string of the molecule is CN(C)S(=O)(=O)c1cccc(C(=O)NNC(=O)Cc2ccccc2F)c1. The first-order valence-corrected chi connectivity index (χ1v) is 9.01. The third kappa shape index (κ3) is 4.64. The van der Waals surface area contributed by atoms with E-state index in [-0.39, 0.29) is 22.4 Å². The fraction of sp³-hybridized carbons (Fsp3) is 0.176. The predicted molar refractivity (Wildman–Crippen MR) is 93.0 cm³/mol. The van der Waals surface area contributed by atoms with E-state index >= 15 is 0 Å². The van der Waals surface area contributed by atoms with E-state index in [4.69, 9.17) is 0 Å². The topological polar surface area (TPSA) is 95.6 Å². The molecule has 2 rings (SSSR count). The van der Waals surface area contributed by atoms with E-state index in [1.54, 1.807) is 6.07 Å². The molecule has 0 aliphatic rings. The quantitative estimate of drug-likeness (QED) is 0.760. The van der Waals surface area contributed by atoms with Crippen molar-refractivity contribution < 1.29 is 22.4 Å². The first-order chi connectivity index (χ1) is 12.2. The van der Waals surface area contributed by atoms with Crippen molar-refractivity contribution in [1.29, 1.82) is 0 Å². The van der Waals surface area contributed by atoms with E-state index in [9.17, 15) is 22.4 Å². The Morgan fingerprint density at radius 1 is 1.04 bits per heavy atom. The molecule has 0 aliphatic carbocycles. The molecular weight excluding hydrogens is 361 g/mol. The van der Waals surface area contributed by atoms with Gasteiger partial charge in [-0.2, -0.15) is 0 Å². The Hall–Kier alpha value is -2.78. The highest BCUT2D eigenvalue weighted by Crippen LogP contribution is 2.14. The lowest BCUT2D eigenvalue weighted by Crippen LogP contribution is -2.42. The number of carbonyl (C=O) groups excluding carboxylic acids is 2. The van der Waals surface area contributed by atoms with Gasteiger partial charge in [0.15, 0.2) is 0 Å². The molecule has 0 fully saturated rings. The molecule has 0 bridgehead atoms. The summed E-state index contributed by atoms with van der Waals surface area (Å²) in [5.74, 6) is -1.82. The largest absolute Gasteiger partial charge is 0.273 e. The zero-order chi connectivity index (χ0) is 19.3. The first-order valence-electron chi connectivity index (χ1n) is 7.57. The number of carbonyl (C=O) groups is 2. The monoisotopic (exact) mass is 379 g/mol. The van der Waals surface area contributed by atoms with Crippen LogP contribution in [0.5, 0.6) is 0 Å². The summed E-state index contributed by atoms with van der Waals surface area (Å²) >= 11 is 0. The Morgan fingerprint density at radius 2 is 1.73 bits per heavy atom. The van der Waals surface area contributed by atoms with Gasteiger partial charge >= 0.3 is 0 Å². The number of rotatable bonds is 5. The summed E-state index contributed by atoms with van der Waals surface area (Å²) in [4.78, 5) is 23.9. The number of sulfonamides is 1. The molecule has 0 radical (unpaired) electrons. The van der Waals surface area contributed by atoms with E-state index in [2.05, 4.69) is 10.9 Å². The molecule has 9 heteroatoms. The van der Waals surface area contributed by atoms with Crippen LogP contribution in [0.1, 0.15) is 15.9 Å². The number of hydrogen-bond donors (Lipinski definition) is 2. The van der Waals surface area contributed by atoms with Crippen molar-refractivity contribution in [1.82, 2.24) is 15.2 Å². The third-order valence-electron chi connectivity index (χ3n) is 3.50. The normalized spacial score (nSPS) is 11.2. The number of hydrazine groups is 1. The maximum Gasteiger partial charge on any atom is 0.269 e. The molecule has 2 aromatic rings. The highest BCUT2D eigenvalue weighted by Gasteiger charge is 2.19. The molecule has 0 spiro atoms. The average molecular weight is 379 g/mol. The second-order valence-electron chi connectivity index (χ2n) is 5.59. The van der Waals surface area contributed by atoms with Crippen LogP contribution in [0.15, 0.2) is 53.4 Å². The minimum absolute atomic E-state index is 0.0483. The average Bonchev–Trinajstić information content (AvgIpc) is 2.61. The van der Waals surface area contributed by atoms with Gasteiger partial charge < -0.3 is 0 Å². The van der Waals surface area contributed by atoms with Gasteiger partial charge in [0.2, 0.25) is 15.9 Å². The van der Waals surface area contributed by atoms with Crippen LogP contribution in [-0.2, 0) is 21.2 Å². The van der Waals surface area contributed by atoms with Crippen LogP contribution in [0, 0.1) is 5.82 Å². The summed E-state index contributed by atoms with van der Waals surface area (Å²) in [5.41, 5.74) is 4.60. The zero-order valence-electron chi connectivity index (χ0n) is 14.2. The van der Waals surface area contributed by atoms with Gasteiger partial charge in [-0.15, -0.1) is 0 Å². The Balaban J connectivity index is 2.02. The van der Waals surface area contributed by atoms with Crippen molar-refractivity contribution in [2.45, 2.75) is 11.3 Å². The molecule has 0 atom stereocenters. The molecule has 2 amide bonds. The van der Waals surface area contributed by atoms with Crippen LogP contribution in [-0.4, -0.2) is 38.6 Å². The van der Waals surface area contributed by atoms with Crippen LogP contribution in [0.2, 0.25) is 0 Å². The Kier molecular flexibility index (Phi) is 6.06. The number of amides is 2. The lowest BCUT2D eigenvalue weighted by Gasteiger charge is -2.12. The lowest BCUT2D eigenvalue weighted by atomic mass is 10.1. The van der Waals surface area contributed by atoms with Gasteiger partial charge in [0, 0.05) is 19.7 Å². The molecule has 0 aromatic heterocycles. The van der Waals surface area contributed by atoms with Crippen LogP contribution >= 0.6 is 0 Å². The maximum absolute atomic E-state index is 13.5. The molecule has 138 valence electrons. The first kappa shape index (κ1) is 19.5. The van der Waals surface area contributed by atoms with E-state index in [1.807, 2.05) is 0 Å². The Labute approximate surface area is 150 Å². The molecule has 0 aliphatic heterocycles. The van der Waals surface area contributed by atoms with Crippen molar-refractivity contribution in [3.05, 3.63) is 65.5 Å². The second-order valence-corrected chi connectivity index (χ2v) is 7.74. The molecule has 7 nitrogen and oxygen atoms in total. The smallest absolute Gasteiger partial charge is 0.269 e. The van der Waals surface area contributed by atoms with Gasteiger partial charge in [-0.1, -0.05) is 24.3 Å². The van der Waals surface area contributed by atoms with Crippen molar-refractivity contribution >= 4 is 21.8 Å². The fourth-order valence-electron chi connectivity index (χ4n) is 2.07. The van der Waals surface area contributed by atoms with Crippen LogP contribution in [0.4, 0.5) is 4.39 Å². The lowest BCUT2D eigenvalue weighted by molar-refractivity contribution is -0.121. The van der Waals surface area contributed by atoms with Gasteiger partial charge in [-0.05, 0) is 29.8 Å². The van der Waals surface area contributed by atoms with Crippen LogP contribution < -0.4 is 10.9 Å². The summed E-state index contributed by atoms with van der Waals surface area (Å²) in [5, 5.41) is 0. The van der Waals surface area contributed by atoms with E-state index in [1.165, 1.54) is 56.6 Å². The van der Waals surface area contributed by atoms with E-state index in [0.29, 0.717) is 0 Å². The molecule has 2 aromatic carbocycles. The summed E-state index contributed by atoms with van der Waals surface area (Å²) in [7, 11) is -0.925. The number of hydrogen-bond acceptors (Lipinski definition) is 4. The Bertz CT molecular complexity index is 929. The summed E-state index contributed by atoms with van der Waals surface area (Å²) in [6.07, 6.45) is -0.248. The van der Waals surface area contributed by atoms with Gasteiger partial charge in [0.1, 0.15) is 5.82 Å². The molecule has 2 N–H and O–H groups in total. The molecular formula is C17H18FN3O4S. The van der Waals surface area contributed by atoms with Crippen molar-refractivity contribution in [3.8, 4) is 0 Å². The van der Waals surface area contributed by atoms with Gasteiger partial charge in [0.25, 0.3) is 5.91 Å². The van der Waals surface area contributed by atoms with Crippen molar-refractivity contribution in [2.75, 3.05) is 14.1 Å². The van der Waals surface area contributed by atoms with Crippen molar-refractivity contribution in [3.63, 3.8) is 0 Å². The second kappa shape index (κ2) is 8.07. The summed E-state index contributed by atoms with van der Waals surface area (Å²) in [6.45, 7) is 0. The van der Waals surface area contributed by atoms with E-state index < -0.39 is 27.7 Å². The zero-order valence-corrected chi connectivity index (χ0v) is 15.0. The van der Waals surface area contributed by atoms with Gasteiger partial charge in [-0.3, -0.25) is 20.4 Å². The predicted octanol–water partition coefficient (Wildman–Crippen LogP) is 1.08. The summed E-state index contributed by atoms with van der Waals surface area (Å²) < 4.78 is 38.7. The van der Waals surface area contributed by atoms with Gasteiger partial charge in [0.05, 0.1) is 11.3 Å². The van der Waals surface area contributed by atoms with Crippen LogP contribution in [0.25, 0.3) is 0 Å². The highest BCUT2D eigenvalue weighted by atomic mass is 32.2. The summed E-state index contributed by atoms with van der Waals surface area (Å²) in [6, 6.07) is 11.2. The number of halogens is 1. The minimum atomic E-state index is -3.69. The Morgan fingerprint density at radius 3 is 2.38 bits per heavy atom. The molecule has 0 heterocycles. The molecule has 0 saturated carbocycles.